The van der Waals surface area contributed by atoms with Crippen LogP contribution in [0.25, 0.3) is 21.8 Å². The number of fused-ring (bicyclic) bond motifs is 2. The average molecular weight is 600 g/mol. The van der Waals surface area contributed by atoms with Crippen LogP contribution in [-0.2, 0) is 13.0 Å². The van der Waals surface area contributed by atoms with E-state index in [9.17, 15) is 0 Å². The van der Waals surface area contributed by atoms with Gasteiger partial charge in [0.2, 0.25) is 0 Å². The number of hydrogen-bond donors (Lipinski definition) is 1. The predicted molar refractivity (Wildman–Crippen MR) is 142 cm³/mol. The van der Waals surface area contributed by atoms with Crippen LogP contribution in [0.1, 0.15) is 18.2 Å². The molecule has 8 heteroatoms. The van der Waals surface area contributed by atoms with Crippen LogP contribution in [0.15, 0.2) is 45.5 Å². The molecular weight excluding hydrogens is 577 g/mol. The number of aromatic nitrogens is 2. The maximum Gasteiger partial charge on any atom is 0.159 e. The highest BCUT2D eigenvalue weighted by Gasteiger charge is 2.18. The highest BCUT2D eigenvalue weighted by atomic mass is 79.9. The molecule has 0 fully saturated rings. The molecule has 0 aliphatic heterocycles. The molecule has 0 spiro atoms. The lowest BCUT2D eigenvalue weighted by atomic mass is 10.1. The first-order chi connectivity index (χ1) is 15.4. The molecule has 1 N–H and O–H groups in total. The average Bonchev–Trinajstić information content (AvgIpc) is 3.05. The quantitative estimate of drug-likeness (QED) is 0.212. The fourth-order valence-corrected chi connectivity index (χ4v) is 5.89. The molecule has 0 bridgehead atoms. The molecule has 0 saturated carbocycles. The summed E-state index contributed by atoms with van der Waals surface area (Å²) >= 11 is 20.3. The number of ether oxygens (including phenoxy) is 1. The van der Waals surface area contributed by atoms with Gasteiger partial charge in [-0.1, -0.05) is 58.2 Å². The summed E-state index contributed by atoms with van der Waals surface area (Å²) < 4.78 is 10.3. The maximum absolute atomic E-state index is 6.66. The van der Waals surface area contributed by atoms with Gasteiger partial charge in [0.05, 0.1) is 26.6 Å². The number of nitrogens with zero attached hydrogens (tertiary/aromatic N) is 2. The third-order valence-electron chi connectivity index (χ3n) is 5.62. The van der Waals surface area contributed by atoms with E-state index in [0.29, 0.717) is 23.2 Å². The molecule has 0 saturated heterocycles. The predicted octanol–water partition coefficient (Wildman–Crippen LogP) is 7.56. The van der Waals surface area contributed by atoms with E-state index in [0.717, 1.165) is 56.0 Å². The van der Waals surface area contributed by atoms with Crippen molar-refractivity contribution in [3.05, 3.63) is 66.8 Å². The number of hydrogen-bond acceptors (Lipinski definition) is 3. The summed E-state index contributed by atoms with van der Waals surface area (Å²) in [5.41, 5.74) is 4.25. The summed E-state index contributed by atoms with van der Waals surface area (Å²) in [4.78, 5) is 4.53. The lowest BCUT2D eigenvalue weighted by Crippen LogP contribution is -2.16. The molecule has 2 heterocycles. The Hall–Kier alpha value is -1.31. The second-order valence-electron chi connectivity index (χ2n) is 7.49. The fraction of sp³-hybridized carbons (Fsp3) is 0.292. The van der Waals surface area contributed by atoms with E-state index in [4.69, 9.17) is 27.9 Å². The minimum Gasteiger partial charge on any atom is -0.488 e. The van der Waals surface area contributed by atoms with Crippen LogP contribution < -0.4 is 10.1 Å². The molecule has 0 radical (unpaired) electrons. The van der Waals surface area contributed by atoms with Crippen LogP contribution in [0, 0.1) is 6.92 Å². The Morgan fingerprint density at radius 1 is 1.12 bits per heavy atom. The minimum atomic E-state index is 0.464. The zero-order chi connectivity index (χ0) is 22.8. The van der Waals surface area contributed by atoms with Crippen molar-refractivity contribution in [2.45, 2.75) is 26.8 Å². The van der Waals surface area contributed by atoms with Gasteiger partial charge in [-0.15, -0.1) is 0 Å². The lowest BCUT2D eigenvalue weighted by Gasteiger charge is -2.14. The zero-order valence-corrected chi connectivity index (χ0v) is 22.5. The topological polar surface area (TPSA) is 39.1 Å². The molecule has 168 valence electrons. The Kier molecular flexibility index (Phi) is 7.68. The number of likely N-dealkylation sites (N-methyl/N-ethyl adjacent to an activating group) is 1. The van der Waals surface area contributed by atoms with Gasteiger partial charge in [0.15, 0.2) is 5.75 Å². The van der Waals surface area contributed by atoms with Gasteiger partial charge < -0.3 is 14.6 Å². The van der Waals surface area contributed by atoms with Crippen molar-refractivity contribution < 1.29 is 4.74 Å². The summed E-state index contributed by atoms with van der Waals surface area (Å²) in [5, 5.41) is 6.70. The fourth-order valence-electron chi connectivity index (χ4n) is 4.08. The Morgan fingerprint density at radius 2 is 1.94 bits per heavy atom. The highest BCUT2D eigenvalue weighted by Crippen LogP contribution is 2.38. The monoisotopic (exact) mass is 597 g/mol. The van der Waals surface area contributed by atoms with Crippen molar-refractivity contribution in [1.82, 2.24) is 14.9 Å². The number of rotatable bonds is 8. The summed E-state index contributed by atoms with van der Waals surface area (Å²) in [5.74, 6) is 0.731. The van der Waals surface area contributed by atoms with Crippen molar-refractivity contribution in [2.75, 3.05) is 19.7 Å². The summed E-state index contributed by atoms with van der Waals surface area (Å²) in [7, 11) is 0. The van der Waals surface area contributed by atoms with Gasteiger partial charge in [-0.25, -0.2) is 0 Å². The van der Waals surface area contributed by atoms with E-state index in [2.05, 4.69) is 66.6 Å². The third kappa shape index (κ3) is 4.53. The van der Waals surface area contributed by atoms with Crippen molar-refractivity contribution >= 4 is 76.9 Å². The van der Waals surface area contributed by atoms with Crippen LogP contribution >= 0.6 is 55.1 Å². The van der Waals surface area contributed by atoms with Crippen molar-refractivity contribution in [1.29, 1.82) is 0 Å². The molecule has 2 aromatic heterocycles. The van der Waals surface area contributed by atoms with Gasteiger partial charge in [0.25, 0.3) is 0 Å². The zero-order valence-electron chi connectivity index (χ0n) is 17.8. The van der Waals surface area contributed by atoms with Crippen LogP contribution in [0.2, 0.25) is 10.0 Å². The molecule has 0 aliphatic rings. The Balaban J connectivity index is 1.66. The summed E-state index contributed by atoms with van der Waals surface area (Å²) in [6.07, 6.45) is 2.70. The number of nitrogens with one attached hydrogen (secondary N) is 1. The van der Waals surface area contributed by atoms with Crippen LogP contribution in [-0.4, -0.2) is 29.2 Å². The Morgan fingerprint density at radius 3 is 2.72 bits per heavy atom. The molecule has 2 aromatic carbocycles. The summed E-state index contributed by atoms with van der Waals surface area (Å²) in [6, 6.07) is 9.87. The smallest absolute Gasteiger partial charge is 0.159 e. The van der Waals surface area contributed by atoms with Gasteiger partial charge in [-0.3, -0.25) is 4.98 Å². The second-order valence-corrected chi connectivity index (χ2v) is 9.99. The van der Waals surface area contributed by atoms with Crippen molar-refractivity contribution in [3.63, 3.8) is 0 Å². The van der Waals surface area contributed by atoms with Crippen LogP contribution in [0.5, 0.6) is 5.75 Å². The number of benzene rings is 2. The van der Waals surface area contributed by atoms with Gasteiger partial charge >= 0.3 is 0 Å². The molecule has 4 rings (SSSR count). The van der Waals surface area contributed by atoms with Gasteiger partial charge in [-0.05, 0) is 66.1 Å². The van der Waals surface area contributed by atoms with E-state index in [1.807, 2.05) is 24.3 Å². The van der Waals surface area contributed by atoms with Crippen molar-refractivity contribution in [3.8, 4) is 5.75 Å². The molecule has 0 amide bonds. The molecule has 32 heavy (non-hydrogen) atoms. The standard InChI is InChI=1S/C24H23Br2Cl2N3O/c1-3-29-10-8-15-14(2)31(23-16(15)6-7-20(27)21(23)28)11-12-32-24-19(26)13-18(25)17-5-4-9-30-22(17)24/h4-7,9,13,29H,3,8,10-12H2,1-2H3. The van der Waals surface area contributed by atoms with E-state index >= 15 is 0 Å². The van der Waals surface area contributed by atoms with E-state index in [-0.39, 0.29) is 0 Å². The van der Waals surface area contributed by atoms with Crippen molar-refractivity contribution in [2.24, 2.45) is 0 Å². The molecule has 4 nitrogen and oxygen atoms in total. The molecule has 0 aliphatic carbocycles. The minimum absolute atomic E-state index is 0.464. The van der Waals surface area contributed by atoms with Gasteiger partial charge in [0, 0.05) is 27.1 Å². The highest BCUT2D eigenvalue weighted by molar-refractivity contribution is 9.11. The van der Waals surface area contributed by atoms with Gasteiger partial charge in [0.1, 0.15) is 12.1 Å². The van der Waals surface area contributed by atoms with E-state index < -0.39 is 0 Å². The molecular formula is C24H23Br2Cl2N3O. The molecule has 4 aromatic rings. The van der Waals surface area contributed by atoms with E-state index in [1.165, 1.54) is 11.3 Å². The lowest BCUT2D eigenvalue weighted by molar-refractivity contribution is 0.300. The van der Waals surface area contributed by atoms with Crippen LogP contribution in [0.3, 0.4) is 0 Å². The number of pyridine rings is 1. The largest absolute Gasteiger partial charge is 0.488 e. The number of halogens is 4. The Bertz CT molecular complexity index is 1290. The van der Waals surface area contributed by atoms with Gasteiger partial charge in [-0.2, -0.15) is 0 Å². The Labute approximate surface area is 214 Å². The normalized spacial score (nSPS) is 11.6. The molecule has 0 atom stereocenters. The first kappa shape index (κ1) is 23.8. The third-order valence-corrected chi connectivity index (χ3v) is 7.66. The van der Waals surface area contributed by atoms with Crippen LogP contribution in [0.4, 0.5) is 0 Å². The molecule has 0 unspecified atom stereocenters. The first-order valence-corrected chi connectivity index (χ1v) is 12.8. The van der Waals surface area contributed by atoms with E-state index in [1.54, 1.807) is 6.20 Å². The second kappa shape index (κ2) is 10.3. The summed E-state index contributed by atoms with van der Waals surface area (Å²) in [6.45, 7) is 7.21. The first-order valence-electron chi connectivity index (χ1n) is 10.5. The SMILES string of the molecule is CCNCCc1c(C)n(CCOc2c(Br)cc(Br)c3cccnc23)c2c(Cl)c(Cl)ccc12. The maximum atomic E-state index is 6.66.